The van der Waals surface area contributed by atoms with E-state index < -0.39 is 0 Å². The Morgan fingerprint density at radius 1 is 1.14 bits per heavy atom. The molecule has 2 fully saturated rings. The first-order valence-electron chi connectivity index (χ1n) is 11.6. The van der Waals surface area contributed by atoms with Gasteiger partial charge < -0.3 is 19.1 Å². The number of thioether (sulfide) groups is 1. The molecule has 0 unspecified atom stereocenters. The molecule has 2 amide bonds. The minimum Gasteiger partial charge on any atom is -0.490 e. The van der Waals surface area contributed by atoms with Crippen molar-refractivity contribution >= 4 is 68.1 Å². The van der Waals surface area contributed by atoms with E-state index in [0.717, 1.165) is 32.4 Å². The van der Waals surface area contributed by atoms with Crippen LogP contribution in [0.3, 0.4) is 0 Å². The van der Waals surface area contributed by atoms with Crippen LogP contribution in [0.2, 0.25) is 0 Å². The molecule has 35 heavy (non-hydrogen) atoms. The second-order valence-corrected chi connectivity index (χ2v) is 10.4. The van der Waals surface area contributed by atoms with Crippen LogP contribution in [-0.4, -0.2) is 71.4 Å². The van der Waals surface area contributed by atoms with E-state index in [0.29, 0.717) is 44.0 Å². The van der Waals surface area contributed by atoms with Gasteiger partial charge in [-0.15, -0.1) is 0 Å². The lowest BCUT2D eigenvalue weighted by Crippen LogP contribution is -2.38. The highest BCUT2D eigenvalue weighted by Crippen LogP contribution is 2.39. The van der Waals surface area contributed by atoms with Crippen LogP contribution in [0.15, 0.2) is 21.5 Å². The summed E-state index contributed by atoms with van der Waals surface area (Å²) in [6.45, 7) is 5.92. The number of carbonyl (C=O) groups is 3. The number of benzene rings is 1. The van der Waals surface area contributed by atoms with E-state index in [-0.39, 0.29) is 37.4 Å². The molecule has 11 heteroatoms. The lowest BCUT2D eigenvalue weighted by atomic mass is 10.1. The predicted octanol–water partition coefficient (Wildman–Crippen LogP) is 4.39. The Labute approximate surface area is 223 Å². The number of hydrogen-bond acceptors (Lipinski definition) is 8. The first-order valence-corrected chi connectivity index (χ1v) is 13.6. The van der Waals surface area contributed by atoms with Crippen LogP contribution in [-0.2, 0) is 19.1 Å². The average molecular weight is 586 g/mol. The van der Waals surface area contributed by atoms with Crippen molar-refractivity contribution in [3.63, 3.8) is 0 Å². The van der Waals surface area contributed by atoms with Gasteiger partial charge >= 0.3 is 5.97 Å². The lowest BCUT2D eigenvalue weighted by molar-refractivity contribution is -0.143. The molecule has 8 nitrogen and oxygen atoms in total. The van der Waals surface area contributed by atoms with Crippen LogP contribution in [0.4, 0.5) is 0 Å². The molecule has 2 saturated heterocycles. The van der Waals surface area contributed by atoms with Crippen LogP contribution < -0.4 is 9.47 Å². The van der Waals surface area contributed by atoms with Crippen molar-refractivity contribution in [1.82, 2.24) is 9.80 Å². The predicted molar refractivity (Wildman–Crippen MR) is 142 cm³/mol. The van der Waals surface area contributed by atoms with Crippen molar-refractivity contribution in [3.05, 3.63) is 27.1 Å². The van der Waals surface area contributed by atoms with E-state index in [2.05, 4.69) is 15.9 Å². The van der Waals surface area contributed by atoms with Crippen molar-refractivity contribution in [2.24, 2.45) is 0 Å². The van der Waals surface area contributed by atoms with Gasteiger partial charge in [0.2, 0.25) is 0 Å². The van der Waals surface area contributed by atoms with Gasteiger partial charge in [-0.3, -0.25) is 19.3 Å². The Balaban J connectivity index is 1.72. The fourth-order valence-corrected chi connectivity index (χ4v) is 5.61. The second kappa shape index (κ2) is 13.3. The standard InChI is InChI=1S/C24H29BrN2O6S2/c1-3-31-18-13-16(12-17(25)22(18)33-15-20(28)26-9-6-5-7-10-26)14-19-23(30)27(24(34)35-19)11-8-21(29)32-4-2/h12-14H,3-11,15H2,1-2H3/b19-14+. The summed E-state index contributed by atoms with van der Waals surface area (Å²) < 4.78 is 17.6. The normalized spacial score (nSPS) is 17.2. The van der Waals surface area contributed by atoms with E-state index in [9.17, 15) is 14.4 Å². The summed E-state index contributed by atoms with van der Waals surface area (Å²) in [7, 11) is 0. The second-order valence-electron chi connectivity index (χ2n) is 7.88. The summed E-state index contributed by atoms with van der Waals surface area (Å²) in [4.78, 5) is 40.7. The summed E-state index contributed by atoms with van der Waals surface area (Å²) >= 11 is 10.0. The quantitative estimate of drug-likeness (QED) is 0.227. The molecule has 0 saturated carbocycles. The van der Waals surface area contributed by atoms with Gasteiger partial charge in [0.1, 0.15) is 4.32 Å². The molecule has 2 heterocycles. The summed E-state index contributed by atoms with van der Waals surface area (Å²) in [5, 5.41) is 0. The molecule has 0 aromatic heterocycles. The maximum atomic E-state index is 12.9. The Hall–Kier alpha value is -2.11. The highest BCUT2D eigenvalue weighted by Gasteiger charge is 2.32. The van der Waals surface area contributed by atoms with E-state index in [1.807, 2.05) is 11.8 Å². The number of amides is 2. The fraction of sp³-hybridized carbons (Fsp3) is 0.500. The topological polar surface area (TPSA) is 85.4 Å². The van der Waals surface area contributed by atoms with Crippen LogP contribution in [0.25, 0.3) is 6.08 Å². The number of rotatable bonds is 10. The van der Waals surface area contributed by atoms with E-state index in [4.69, 9.17) is 26.4 Å². The van der Waals surface area contributed by atoms with E-state index >= 15 is 0 Å². The van der Waals surface area contributed by atoms with E-state index in [1.54, 1.807) is 25.1 Å². The first kappa shape index (κ1) is 27.5. The van der Waals surface area contributed by atoms with Gasteiger partial charge in [-0.1, -0.05) is 24.0 Å². The van der Waals surface area contributed by atoms with Crippen molar-refractivity contribution in [2.75, 3.05) is 39.5 Å². The third-order valence-electron chi connectivity index (χ3n) is 5.40. The zero-order chi connectivity index (χ0) is 25.4. The van der Waals surface area contributed by atoms with Crippen LogP contribution in [0.5, 0.6) is 11.5 Å². The molecule has 0 bridgehead atoms. The molecule has 0 N–H and O–H groups in total. The molecule has 2 aliphatic heterocycles. The number of likely N-dealkylation sites (tertiary alicyclic amines) is 1. The minimum absolute atomic E-state index is 0.0467. The van der Waals surface area contributed by atoms with Crippen molar-refractivity contribution < 1.29 is 28.6 Å². The lowest BCUT2D eigenvalue weighted by Gasteiger charge is -2.26. The summed E-state index contributed by atoms with van der Waals surface area (Å²) in [5.74, 6) is 0.235. The Bertz CT molecular complexity index is 1010. The molecular formula is C24H29BrN2O6S2. The Morgan fingerprint density at radius 3 is 2.57 bits per heavy atom. The average Bonchev–Trinajstić information content (AvgIpc) is 3.10. The molecule has 0 radical (unpaired) electrons. The van der Waals surface area contributed by atoms with Gasteiger partial charge in [0.15, 0.2) is 18.1 Å². The van der Waals surface area contributed by atoms with Gasteiger partial charge in [0.25, 0.3) is 11.8 Å². The van der Waals surface area contributed by atoms with Gasteiger partial charge in [-0.2, -0.15) is 0 Å². The van der Waals surface area contributed by atoms with E-state index in [1.165, 1.54) is 16.7 Å². The summed E-state index contributed by atoms with van der Waals surface area (Å²) in [6.07, 6.45) is 4.98. The molecular weight excluding hydrogens is 556 g/mol. The third kappa shape index (κ3) is 7.44. The van der Waals surface area contributed by atoms with Crippen molar-refractivity contribution in [1.29, 1.82) is 0 Å². The minimum atomic E-state index is -0.370. The third-order valence-corrected chi connectivity index (χ3v) is 7.36. The monoisotopic (exact) mass is 584 g/mol. The largest absolute Gasteiger partial charge is 0.490 e. The van der Waals surface area contributed by atoms with Crippen LogP contribution in [0.1, 0.15) is 45.1 Å². The van der Waals surface area contributed by atoms with Gasteiger partial charge in [-0.25, -0.2) is 0 Å². The zero-order valence-electron chi connectivity index (χ0n) is 19.8. The maximum absolute atomic E-state index is 12.9. The SMILES string of the molecule is CCOC(=O)CCN1C(=O)/C(=C\c2cc(Br)c(OCC(=O)N3CCCCC3)c(OCC)c2)SC1=S. The summed E-state index contributed by atoms with van der Waals surface area (Å²) in [6, 6.07) is 3.56. The number of piperidine rings is 1. The van der Waals surface area contributed by atoms with Crippen LogP contribution >= 0.6 is 39.9 Å². The molecule has 2 aliphatic rings. The Kier molecular flexibility index (Phi) is 10.4. The van der Waals surface area contributed by atoms with Gasteiger partial charge in [0.05, 0.1) is 29.0 Å². The molecule has 3 rings (SSSR count). The molecule has 0 atom stereocenters. The summed E-state index contributed by atoms with van der Waals surface area (Å²) in [5.41, 5.74) is 0.709. The Morgan fingerprint density at radius 2 is 1.89 bits per heavy atom. The number of carbonyl (C=O) groups excluding carboxylic acids is 3. The zero-order valence-corrected chi connectivity index (χ0v) is 23.1. The van der Waals surface area contributed by atoms with Crippen LogP contribution in [0, 0.1) is 0 Å². The van der Waals surface area contributed by atoms with Crippen molar-refractivity contribution in [3.8, 4) is 11.5 Å². The molecule has 0 aliphatic carbocycles. The van der Waals surface area contributed by atoms with Gasteiger partial charge in [0, 0.05) is 19.6 Å². The number of halogens is 1. The highest BCUT2D eigenvalue weighted by atomic mass is 79.9. The molecule has 0 spiro atoms. The fourth-order valence-electron chi connectivity index (χ4n) is 3.72. The number of thiocarbonyl (C=S) groups is 1. The molecule has 1 aromatic carbocycles. The molecule has 190 valence electrons. The first-order chi connectivity index (χ1) is 16.8. The molecule has 1 aromatic rings. The number of nitrogens with zero attached hydrogens (tertiary/aromatic N) is 2. The maximum Gasteiger partial charge on any atom is 0.307 e. The smallest absolute Gasteiger partial charge is 0.307 e. The highest BCUT2D eigenvalue weighted by molar-refractivity contribution is 9.10. The number of ether oxygens (including phenoxy) is 3. The number of esters is 1. The number of hydrogen-bond donors (Lipinski definition) is 0. The van der Waals surface area contributed by atoms with Gasteiger partial charge in [-0.05, 0) is 72.8 Å². The van der Waals surface area contributed by atoms with Crippen molar-refractivity contribution in [2.45, 2.75) is 39.5 Å².